The number of halogens is 4. The van der Waals surface area contributed by atoms with Crippen LogP contribution in [0.1, 0.15) is 24.8 Å². The van der Waals surface area contributed by atoms with Crippen molar-refractivity contribution in [2.75, 3.05) is 19.6 Å². The fraction of sp³-hybridized carbons (Fsp3) is 0.571. The summed E-state index contributed by atoms with van der Waals surface area (Å²) in [5, 5.41) is 0. The summed E-state index contributed by atoms with van der Waals surface area (Å²) in [5.74, 6) is 0.606. The van der Waals surface area contributed by atoms with Crippen LogP contribution in [0.15, 0.2) is 28.7 Å². The van der Waals surface area contributed by atoms with Crippen LogP contribution in [0.3, 0.4) is 0 Å². The van der Waals surface area contributed by atoms with Crippen LogP contribution in [0, 0.1) is 5.92 Å². The van der Waals surface area contributed by atoms with Gasteiger partial charge in [0.15, 0.2) is 0 Å². The Bertz CT molecular complexity index is 416. The molecule has 0 spiro atoms. The van der Waals surface area contributed by atoms with Crippen molar-refractivity contribution in [2.45, 2.75) is 25.4 Å². The van der Waals surface area contributed by atoms with Gasteiger partial charge >= 0.3 is 6.18 Å². The van der Waals surface area contributed by atoms with Crippen LogP contribution in [0.5, 0.6) is 0 Å². The molecule has 1 aromatic rings. The van der Waals surface area contributed by atoms with Crippen molar-refractivity contribution >= 4 is 15.9 Å². The normalized spacial score (nSPS) is 25.5. The predicted molar refractivity (Wildman–Crippen MR) is 73.2 cm³/mol. The molecular formula is C14H17BrF3N. The van der Waals surface area contributed by atoms with Gasteiger partial charge in [-0.15, -0.1) is 0 Å². The summed E-state index contributed by atoms with van der Waals surface area (Å²) in [6, 6.07) is 8.10. The zero-order chi connectivity index (χ0) is 14.0. The van der Waals surface area contributed by atoms with E-state index >= 15 is 0 Å². The Kier molecular flexibility index (Phi) is 4.56. The lowest BCUT2D eigenvalue weighted by atomic mass is 9.81. The van der Waals surface area contributed by atoms with Gasteiger partial charge < -0.3 is 0 Å². The quantitative estimate of drug-likeness (QED) is 0.772. The second-order valence-electron chi connectivity index (χ2n) is 5.27. The fourth-order valence-corrected chi connectivity index (χ4v) is 3.10. The van der Waals surface area contributed by atoms with E-state index < -0.39 is 12.7 Å². The third kappa shape index (κ3) is 4.21. The standard InChI is InChI=1S/C14H17BrF3N/c1-10-8-19(9-14(16,17)18)7-6-13(10)11-2-4-12(15)5-3-11/h2-5,10,13H,6-9H2,1H3/t10-,13?/m0/s1. The number of piperidine rings is 1. The largest absolute Gasteiger partial charge is 0.401 e. The van der Waals surface area contributed by atoms with E-state index in [-0.39, 0.29) is 5.92 Å². The Hall–Kier alpha value is -0.550. The number of rotatable bonds is 2. The minimum atomic E-state index is -4.09. The first-order valence-corrected chi connectivity index (χ1v) is 7.19. The number of nitrogens with zero attached hydrogens (tertiary/aromatic N) is 1. The van der Waals surface area contributed by atoms with Crippen LogP contribution in [-0.2, 0) is 0 Å². The Morgan fingerprint density at radius 1 is 1.26 bits per heavy atom. The maximum Gasteiger partial charge on any atom is 0.401 e. The van der Waals surface area contributed by atoms with E-state index in [0.717, 1.165) is 10.9 Å². The maximum atomic E-state index is 12.4. The van der Waals surface area contributed by atoms with E-state index in [4.69, 9.17) is 0 Å². The molecule has 1 aliphatic rings. The summed E-state index contributed by atoms with van der Waals surface area (Å²) in [4.78, 5) is 1.51. The first-order valence-electron chi connectivity index (χ1n) is 6.40. The zero-order valence-corrected chi connectivity index (χ0v) is 12.3. The van der Waals surface area contributed by atoms with Crippen molar-refractivity contribution in [3.05, 3.63) is 34.3 Å². The van der Waals surface area contributed by atoms with E-state index in [1.165, 1.54) is 10.5 Å². The number of alkyl halides is 3. The number of likely N-dealkylation sites (tertiary alicyclic amines) is 1. The molecule has 1 unspecified atom stereocenters. The molecule has 1 aromatic carbocycles. The molecule has 0 bridgehead atoms. The van der Waals surface area contributed by atoms with Gasteiger partial charge in [-0.25, -0.2) is 0 Å². The van der Waals surface area contributed by atoms with Gasteiger partial charge in [-0.05, 0) is 42.5 Å². The van der Waals surface area contributed by atoms with Gasteiger partial charge in [-0.1, -0.05) is 35.0 Å². The summed E-state index contributed by atoms with van der Waals surface area (Å²) >= 11 is 3.39. The number of hydrogen-bond acceptors (Lipinski definition) is 1. The first-order chi connectivity index (χ1) is 8.85. The third-order valence-electron chi connectivity index (χ3n) is 3.69. The van der Waals surface area contributed by atoms with E-state index in [1.807, 2.05) is 19.1 Å². The fourth-order valence-electron chi connectivity index (χ4n) is 2.83. The molecule has 19 heavy (non-hydrogen) atoms. The van der Waals surface area contributed by atoms with Crippen molar-refractivity contribution in [3.63, 3.8) is 0 Å². The summed E-state index contributed by atoms with van der Waals surface area (Å²) in [6.07, 6.45) is -3.30. The molecule has 0 saturated carbocycles. The highest BCUT2D eigenvalue weighted by atomic mass is 79.9. The van der Waals surface area contributed by atoms with Crippen molar-refractivity contribution in [2.24, 2.45) is 5.92 Å². The Balaban J connectivity index is 1.99. The van der Waals surface area contributed by atoms with Crippen LogP contribution in [-0.4, -0.2) is 30.7 Å². The summed E-state index contributed by atoms with van der Waals surface area (Å²) < 4.78 is 38.2. The summed E-state index contributed by atoms with van der Waals surface area (Å²) in [5.41, 5.74) is 1.22. The molecule has 2 atom stereocenters. The third-order valence-corrected chi connectivity index (χ3v) is 4.22. The highest BCUT2D eigenvalue weighted by molar-refractivity contribution is 9.10. The summed E-state index contributed by atoms with van der Waals surface area (Å²) in [6.45, 7) is 2.28. The zero-order valence-electron chi connectivity index (χ0n) is 10.8. The molecule has 5 heteroatoms. The molecule has 1 aliphatic heterocycles. The molecule has 0 aromatic heterocycles. The SMILES string of the molecule is C[C@H]1CN(CC(F)(F)F)CCC1c1ccc(Br)cc1. The average Bonchev–Trinajstić information content (AvgIpc) is 2.29. The number of benzene rings is 1. The molecule has 0 amide bonds. The van der Waals surface area contributed by atoms with Crippen LogP contribution >= 0.6 is 15.9 Å². The van der Waals surface area contributed by atoms with Crippen LogP contribution < -0.4 is 0 Å². The van der Waals surface area contributed by atoms with E-state index in [1.54, 1.807) is 0 Å². The highest BCUT2D eigenvalue weighted by Gasteiger charge is 2.35. The van der Waals surface area contributed by atoms with Crippen molar-refractivity contribution in [1.29, 1.82) is 0 Å². The van der Waals surface area contributed by atoms with Gasteiger partial charge in [0, 0.05) is 11.0 Å². The van der Waals surface area contributed by atoms with Crippen molar-refractivity contribution < 1.29 is 13.2 Å². The van der Waals surface area contributed by atoms with E-state index in [2.05, 4.69) is 28.1 Å². The van der Waals surface area contributed by atoms with Crippen LogP contribution in [0.4, 0.5) is 13.2 Å². The van der Waals surface area contributed by atoms with Crippen molar-refractivity contribution in [1.82, 2.24) is 4.90 Å². The van der Waals surface area contributed by atoms with Crippen LogP contribution in [0.25, 0.3) is 0 Å². The van der Waals surface area contributed by atoms with Gasteiger partial charge in [-0.3, -0.25) is 4.90 Å². The van der Waals surface area contributed by atoms with Gasteiger partial charge in [0.2, 0.25) is 0 Å². The molecule has 0 N–H and O–H groups in total. The summed E-state index contributed by atoms with van der Waals surface area (Å²) in [7, 11) is 0. The average molecular weight is 336 g/mol. The molecule has 1 fully saturated rings. The monoisotopic (exact) mass is 335 g/mol. The molecule has 1 heterocycles. The van der Waals surface area contributed by atoms with Crippen LogP contribution in [0.2, 0.25) is 0 Å². The lowest BCUT2D eigenvalue weighted by Crippen LogP contribution is -2.43. The lowest BCUT2D eigenvalue weighted by Gasteiger charge is -2.37. The molecule has 106 valence electrons. The van der Waals surface area contributed by atoms with Crippen molar-refractivity contribution in [3.8, 4) is 0 Å². The van der Waals surface area contributed by atoms with Gasteiger partial charge in [0.1, 0.15) is 0 Å². The Labute approximate surface area is 119 Å². The molecular weight excluding hydrogens is 319 g/mol. The highest BCUT2D eigenvalue weighted by Crippen LogP contribution is 2.34. The molecule has 0 aliphatic carbocycles. The van der Waals surface area contributed by atoms with E-state index in [0.29, 0.717) is 19.0 Å². The second kappa shape index (κ2) is 5.83. The second-order valence-corrected chi connectivity index (χ2v) is 6.19. The Morgan fingerprint density at radius 2 is 1.89 bits per heavy atom. The molecule has 2 rings (SSSR count). The number of hydrogen-bond donors (Lipinski definition) is 0. The lowest BCUT2D eigenvalue weighted by molar-refractivity contribution is -0.149. The smallest absolute Gasteiger partial charge is 0.295 e. The van der Waals surface area contributed by atoms with Gasteiger partial charge in [-0.2, -0.15) is 13.2 Å². The minimum Gasteiger partial charge on any atom is -0.295 e. The van der Waals surface area contributed by atoms with E-state index in [9.17, 15) is 13.2 Å². The Morgan fingerprint density at radius 3 is 2.42 bits per heavy atom. The van der Waals surface area contributed by atoms with Gasteiger partial charge in [0.25, 0.3) is 0 Å². The molecule has 1 saturated heterocycles. The minimum absolute atomic E-state index is 0.247. The van der Waals surface area contributed by atoms with Gasteiger partial charge in [0.05, 0.1) is 6.54 Å². The maximum absolute atomic E-state index is 12.4. The first kappa shape index (κ1) is 14.9. The molecule has 1 nitrogen and oxygen atoms in total. The molecule has 0 radical (unpaired) electrons. The predicted octanol–water partition coefficient (Wildman–Crippen LogP) is 4.44. The topological polar surface area (TPSA) is 3.24 Å².